The van der Waals surface area contributed by atoms with E-state index in [0.717, 1.165) is 29.6 Å². The Kier molecular flexibility index (Phi) is 2.62. The zero-order valence-corrected chi connectivity index (χ0v) is 10.2. The van der Waals surface area contributed by atoms with Crippen molar-refractivity contribution >= 4 is 16.7 Å². The Morgan fingerprint density at radius 2 is 2.19 bits per heavy atom. The molecule has 16 heavy (non-hydrogen) atoms. The molecule has 0 bridgehead atoms. The number of anilines is 1. The number of hydrogen-bond donors (Lipinski definition) is 1. The molecule has 2 aromatic rings. The summed E-state index contributed by atoms with van der Waals surface area (Å²) in [5.74, 6) is 0. The summed E-state index contributed by atoms with van der Waals surface area (Å²) < 4.78 is 2.20. The van der Waals surface area contributed by atoms with Crippen LogP contribution in [-0.4, -0.2) is 9.55 Å². The first-order valence-corrected chi connectivity index (χ1v) is 5.78. The van der Waals surface area contributed by atoms with Crippen LogP contribution in [-0.2, 0) is 5.54 Å². The summed E-state index contributed by atoms with van der Waals surface area (Å²) in [5.41, 5.74) is 7.87. The van der Waals surface area contributed by atoms with E-state index in [1.165, 1.54) is 0 Å². The maximum Gasteiger partial charge on any atom is 0.142 e. The van der Waals surface area contributed by atoms with E-state index in [1.807, 2.05) is 24.5 Å². The van der Waals surface area contributed by atoms with Crippen molar-refractivity contribution in [3.05, 3.63) is 24.5 Å². The van der Waals surface area contributed by atoms with E-state index in [2.05, 4.69) is 30.3 Å². The zero-order chi connectivity index (χ0) is 11.8. The third kappa shape index (κ3) is 1.66. The topological polar surface area (TPSA) is 43.8 Å². The second kappa shape index (κ2) is 3.81. The molecule has 2 rings (SSSR count). The smallest absolute Gasteiger partial charge is 0.142 e. The van der Waals surface area contributed by atoms with Gasteiger partial charge >= 0.3 is 0 Å². The van der Waals surface area contributed by atoms with Crippen molar-refractivity contribution in [2.45, 2.75) is 39.2 Å². The van der Waals surface area contributed by atoms with E-state index in [4.69, 9.17) is 5.73 Å². The predicted octanol–water partition coefficient (Wildman–Crippen LogP) is 3.15. The molecule has 2 aromatic heterocycles. The average Bonchev–Trinajstić information content (AvgIpc) is 2.58. The van der Waals surface area contributed by atoms with Gasteiger partial charge in [0.2, 0.25) is 0 Å². The molecule has 2 heterocycles. The normalized spacial score (nSPS) is 12.2. The molecule has 0 saturated heterocycles. The van der Waals surface area contributed by atoms with Gasteiger partial charge in [-0.15, -0.1) is 0 Å². The fraction of sp³-hybridized carbons (Fsp3) is 0.462. The number of pyridine rings is 1. The first-order chi connectivity index (χ1) is 7.56. The number of nitrogens with zero attached hydrogens (tertiary/aromatic N) is 2. The number of nitrogen functional groups attached to an aromatic ring is 1. The highest BCUT2D eigenvalue weighted by atomic mass is 15.1. The second-order valence-corrected chi connectivity index (χ2v) is 4.89. The van der Waals surface area contributed by atoms with E-state index < -0.39 is 0 Å². The Morgan fingerprint density at radius 3 is 2.88 bits per heavy atom. The highest BCUT2D eigenvalue weighted by Crippen LogP contribution is 2.30. The Balaban J connectivity index is 2.61. The molecule has 0 aliphatic carbocycles. The Labute approximate surface area is 96.3 Å². The van der Waals surface area contributed by atoms with Crippen LogP contribution in [0.25, 0.3) is 11.0 Å². The van der Waals surface area contributed by atoms with Crippen molar-refractivity contribution in [1.82, 2.24) is 9.55 Å². The van der Waals surface area contributed by atoms with Crippen molar-refractivity contribution in [3.63, 3.8) is 0 Å². The van der Waals surface area contributed by atoms with Gasteiger partial charge in [-0.25, -0.2) is 4.98 Å². The van der Waals surface area contributed by atoms with Crippen LogP contribution in [0.5, 0.6) is 0 Å². The molecular formula is C13H19N3. The molecule has 0 radical (unpaired) electrons. The zero-order valence-electron chi connectivity index (χ0n) is 10.2. The fourth-order valence-corrected chi connectivity index (χ4v) is 2.28. The van der Waals surface area contributed by atoms with Gasteiger partial charge in [0.15, 0.2) is 0 Å². The van der Waals surface area contributed by atoms with Crippen LogP contribution < -0.4 is 5.73 Å². The van der Waals surface area contributed by atoms with Crippen molar-refractivity contribution in [3.8, 4) is 0 Å². The lowest BCUT2D eigenvalue weighted by molar-refractivity contribution is 0.333. The van der Waals surface area contributed by atoms with Gasteiger partial charge in [0, 0.05) is 23.3 Å². The molecule has 0 fully saturated rings. The van der Waals surface area contributed by atoms with Gasteiger partial charge in [0.1, 0.15) is 5.65 Å². The average molecular weight is 217 g/mol. The predicted molar refractivity (Wildman–Crippen MR) is 68.4 cm³/mol. The Bertz CT molecular complexity index is 497. The second-order valence-electron chi connectivity index (χ2n) is 4.89. The molecule has 0 aliphatic heterocycles. The Morgan fingerprint density at radius 1 is 1.44 bits per heavy atom. The lowest BCUT2D eigenvalue weighted by atomic mass is 9.99. The standard InChI is InChI=1S/C13H19N3/c1-4-7-13(2,3)16-9-11(14)10-6-5-8-15-12(10)16/h5-6,8-9H,4,7,14H2,1-3H3. The maximum absolute atomic E-state index is 6.01. The summed E-state index contributed by atoms with van der Waals surface area (Å²) in [6.07, 6.45) is 6.10. The van der Waals surface area contributed by atoms with Crippen LogP contribution >= 0.6 is 0 Å². The van der Waals surface area contributed by atoms with Gasteiger partial charge in [-0.1, -0.05) is 13.3 Å². The minimum absolute atomic E-state index is 0.0684. The number of aromatic nitrogens is 2. The molecular weight excluding hydrogens is 198 g/mol. The molecule has 0 atom stereocenters. The molecule has 2 N–H and O–H groups in total. The van der Waals surface area contributed by atoms with Crippen LogP contribution in [0.3, 0.4) is 0 Å². The summed E-state index contributed by atoms with van der Waals surface area (Å²) in [5, 5.41) is 1.05. The molecule has 3 nitrogen and oxygen atoms in total. The minimum Gasteiger partial charge on any atom is -0.397 e. The van der Waals surface area contributed by atoms with E-state index in [0.29, 0.717) is 0 Å². The number of fused-ring (bicyclic) bond motifs is 1. The summed E-state index contributed by atoms with van der Waals surface area (Å²) in [6.45, 7) is 6.65. The number of nitrogens with two attached hydrogens (primary N) is 1. The number of hydrogen-bond acceptors (Lipinski definition) is 2. The Hall–Kier alpha value is -1.51. The summed E-state index contributed by atoms with van der Waals surface area (Å²) in [4.78, 5) is 4.43. The summed E-state index contributed by atoms with van der Waals surface area (Å²) >= 11 is 0. The largest absolute Gasteiger partial charge is 0.397 e. The lowest BCUT2D eigenvalue weighted by Crippen LogP contribution is -2.25. The van der Waals surface area contributed by atoms with Crippen LogP contribution in [0, 0.1) is 0 Å². The highest BCUT2D eigenvalue weighted by molar-refractivity contribution is 5.89. The number of rotatable bonds is 3. The first kappa shape index (κ1) is 11.0. The molecule has 0 saturated carbocycles. The molecule has 0 spiro atoms. The van der Waals surface area contributed by atoms with E-state index in [-0.39, 0.29) is 5.54 Å². The van der Waals surface area contributed by atoms with E-state index in [1.54, 1.807) is 0 Å². The SMILES string of the molecule is CCCC(C)(C)n1cc(N)c2cccnc21. The van der Waals surface area contributed by atoms with Crippen molar-refractivity contribution in [1.29, 1.82) is 0 Å². The lowest BCUT2D eigenvalue weighted by Gasteiger charge is -2.27. The third-order valence-electron chi connectivity index (χ3n) is 3.11. The minimum atomic E-state index is 0.0684. The molecule has 86 valence electrons. The van der Waals surface area contributed by atoms with Crippen molar-refractivity contribution < 1.29 is 0 Å². The van der Waals surface area contributed by atoms with Gasteiger partial charge in [0.25, 0.3) is 0 Å². The maximum atomic E-state index is 6.01. The fourth-order valence-electron chi connectivity index (χ4n) is 2.28. The van der Waals surface area contributed by atoms with Crippen molar-refractivity contribution in [2.75, 3.05) is 5.73 Å². The molecule has 0 unspecified atom stereocenters. The van der Waals surface area contributed by atoms with Gasteiger partial charge in [-0.3, -0.25) is 0 Å². The monoisotopic (exact) mass is 217 g/mol. The highest BCUT2D eigenvalue weighted by Gasteiger charge is 2.22. The van der Waals surface area contributed by atoms with E-state index in [9.17, 15) is 0 Å². The first-order valence-electron chi connectivity index (χ1n) is 5.78. The summed E-state index contributed by atoms with van der Waals surface area (Å²) in [7, 11) is 0. The quantitative estimate of drug-likeness (QED) is 0.858. The molecule has 0 aromatic carbocycles. The molecule has 3 heteroatoms. The molecule has 0 amide bonds. The van der Waals surface area contributed by atoms with Crippen LogP contribution in [0.15, 0.2) is 24.5 Å². The van der Waals surface area contributed by atoms with Crippen LogP contribution in [0.4, 0.5) is 5.69 Å². The molecule has 0 aliphatic rings. The van der Waals surface area contributed by atoms with Crippen molar-refractivity contribution in [2.24, 2.45) is 0 Å². The van der Waals surface area contributed by atoms with Gasteiger partial charge in [-0.05, 0) is 32.4 Å². The van der Waals surface area contributed by atoms with Gasteiger partial charge in [-0.2, -0.15) is 0 Å². The third-order valence-corrected chi connectivity index (χ3v) is 3.11. The van der Waals surface area contributed by atoms with Gasteiger partial charge in [0.05, 0.1) is 5.69 Å². The van der Waals surface area contributed by atoms with Gasteiger partial charge < -0.3 is 10.3 Å². The summed E-state index contributed by atoms with van der Waals surface area (Å²) in [6, 6.07) is 3.95. The van der Waals surface area contributed by atoms with Crippen LogP contribution in [0.2, 0.25) is 0 Å². The van der Waals surface area contributed by atoms with E-state index >= 15 is 0 Å². The van der Waals surface area contributed by atoms with Crippen LogP contribution in [0.1, 0.15) is 33.6 Å².